The van der Waals surface area contributed by atoms with E-state index in [-0.39, 0.29) is 17.6 Å². The van der Waals surface area contributed by atoms with E-state index in [1.807, 2.05) is 26.0 Å². The van der Waals surface area contributed by atoms with Crippen LogP contribution in [0.1, 0.15) is 31.0 Å². The number of hydrogen-bond donors (Lipinski definition) is 2. The summed E-state index contributed by atoms with van der Waals surface area (Å²) in [6.45, 7) is 4.89. The molecule has 112 valence electrons. The molecule has 4 heteroatoms. The monoisotopic (exact) mass is 289 g/mol. The normalized spacial score (nSPS) is 12.1. The van der Waals surface area contributed by atoms with Gasteiger partial charge in [0.2, 0.25) is 0 Å². The first-order valence-corrected chi connectivity index (χ1v) is 7.04. The van der Waals surface area contributed by atoms with Gasteiger partial charge in [-0.3, -0.25) is 0 Å². The highest BCUT2D eigenvalue weighted by Crippen LogP contribution is 2.30. The fraction of sp³-hybridized carbons (Fsp3) is 0.294. The summed E-state index contributed by atoms with van der Waals surface area (Å²) in [5, 5.41) is 13.4. The van der Waals surface area contributed by atoms with Gasteiger partial charge in [0.1, 0.15) is 5.82 Å². The molecule has 2 aromatic rings. The first-order chi connectivity index (χ1) is 10.1. The molecule has 0 aliphatic rings. The van der Waals surface area contributed by atoms with Crippen molar-refractivity contribution >= 4 is 0 Å². The van der Waals surface area contributed by atoms with Crippen LogP contribution >= 0.6 is 0 Å². The number of ether oxygens (including phenoxy) is 1. The lowest BCUT2D eigenvalue weighted by molar-refractivity contribution is 0.316. The van der Waals surface area contributed by atoms with Crippen LogP contribution in [0, 0.1) is 5.82 Å². The van der Waals surface area contributed by atoms with E-state index in [1.165, 1.54) is 12.1 Å². The maximum Gasteiger partial charge on any atom is 0.162 e. The molecule has 0 saturated heterocycles. The molecule has 0 aromatic heterocycles. The molecule has 0 saturated carbocycles. The maximum atomic E-state index is 12.9. The fourth-order valence-electron chi connectivity index (χ4n) is 2.11. The van der Waals surface area contributed by atoms with E-state index in [1.54, 1.807) is 18.2 Å². The summed E-state index contributed by atoms with van der Waals surface area (Å²) in [4.78, 5) is 0. The summed E-state index contributed by atoms with van der Waals surface area (Å²) in [5.74, 6) is 0.414. The molecule has 21 heavy (non-hydrogen) atoms. The number of rotatable bonds is 6. The van der Waals surface area contributed by atoms with E-state index in [2.05, 4.69) is 5.32 Å². The van der Waals surface area contributed by atoms with Crippen LogP contribution in [0.3, 0.4) is 0 Å². The standard InChI is InChI=1S/C17H20FNO2/c1-3-21-16-6-4-5-14(17(16)20)11-19-12(2)13-7-9-15(18)10-8-13/h4-10,12,19-20H,3,11H2,1-2H3/t12-/m0/s1. The lowest BCUT2D eigenvalue weighted by atomic mass is 10.1. The predicted molar refractivity (Wildman–Crippen MR) is 80.9 cm³/mol. The quantitative estimate of drug-likeness (QED) is 0.850. The average Bonchev–Trinajstić information content (AvgIpc) is 2.49. The van der Waals surface area contributed by atoms with Gasteiger partial charge in [-0.2, -0.15) is 0 Å². The van der Waals surface area contributed by atoms with Crippen LogP contribution < -0.4 is 10.1 Å². The number of halogens is 1. The van der Waals surface area contributed by atoms with Gasteiger partial charge in [0.05, 0.1) is 6.61 Å². The summed E-state index contributed by atoms with van der Waals surface area (Å²) >= 11 is 0. The summed E-state index contributed by atoms with van der Waals surface area (Å²) in [7, 11) is 0. The van der Waals surface area contributed by atoms with Crippen molar-refractivity contribution in [2.75, 3.05) is 6.61 Å². The van der Waals surface area contributed by atoms with Crippen LogP contribution in [0.15, 0.2) is 42.5 Å². The second kappa shape index (κ2) is 7.09. The van der Waals surface area contributed by atoms with E-state index in [9.17, 15) is 9.50 Å². The smallest absolute Gasteiger partial charge is 0.162 e. The Morgan fingerprint density at radius 1 is 1.19 bits per heavy atom. The highest BCUT2D eigenvalue weighted by molar-refractivity contribution is 5.45. The van der Waals surface area contributed by atoms with E-state index >= 15 is 0 Å². The summed E-state index contributed by atoms with van der Waals surface area (Å²) in [5.41, 5.74) is 1.77. The van der Waals surface area contributed by atoms with Crippen molar-refractivity contribution in [3.63, 3.8) is 0 Å². The average molecular weight is 289 g/mol. The van der Waals surface area contributed by atoms with Gasteiger partial charge in [-0.25, -0.2) is 4.39 Å². The minimum Gasteiger partial charge on any atom is -0.504 e. The lowest BCUT2D eigenvalue weighted by Gasteiger charge is -2.16. The molecule has 0 aliphatic carbocycles. The Kier molecular flexibility index (Phi) is 5.17. The van der Waals surface area contributed by atoms with Crippen molar-refractivity contribution in [1.29, 1.82) is 0 Å². The van der Waals surface area contributed by atoms with E-state index in [0.717, 1.165) is 11.1 Å². The van der Waals surface area contributed by atoms with Crippen LogP contribution in [0.25, 0.3) is 0 Å². The first-order valence-electron chi connectivity index (χ1n) is 7.04. The van der Waals surface area contributed by atoms with Crippen molar-refractivity contribution in [3.05, 3.63) is 59.4 Å². The van der Waals surface area contributed by atoms with Gasteiger partial charge in [0, 0.05) is 18.2 Å². The molecule has 2 rings (SSSR count). The zero-order chi connectivity index (χ0) is 15.2. The third-order valence-electron chi connectivity index (χ3n) is 3.35. The molecule has 0 amide bonds. The van der Waals surface area contributed by atoms with E-state index < -0.39 is 0 Å². The van der Waals surface area contributed by atoms with E-state index in [0.29, 0.717) is 18.9 Å². The van der Waals surface area contributed by atoms with Crippen LogP contribution in [-0.2, 0) is 6.54 Å². The molecule has 0 aliphatic heterocycles. The number of phenols is 1. The van der Waals surface area contributed by atoms with Crippen LogP contribution in [-0.4, -0.2) is 11.7 Å². The number of nitrogens with one attached hydrogen (secondary N) is 1. The molecule has 3 nitrogen and oxygen atoms in total. The Morgan fingerprint density at radius 2 is 1.90 bits per heavy atom. The second-order valence-corrected chi connectivity index (χ2v) is 4.85. The van der Waals surface area contributed by atoms with Gasteiger partial charge in [-0.1, -0.05) is 24.3 Å². The number of phenolic OH excluding ortho intramolecular Hbond substituents is 1. The van der Waals surface area contributed by atoms with Gasteiger partial charge in [-0.05, 0) is 37.6 Å². The van der Waals surface area contributed by atoms with Gasteiger partial charge in [-0.15, -0.1) is 0 Å². The minimum absolute atomic E-state index is 0.0562. The van der Waals surface area contributed by atoms with Crippen LogP contribution in [0.2, 0.25) is 0 Å². The fourth-order valence-corrected chi connectivity index (χ4v) is 2.11. The minimum atomic E-state index is -0.243. The van der Waals surface area contributed by atoms with Crippen molar-refractivity contribution in [2.45, 2.75) is 26.4 Å². The molecule has 0 fully saturated rings. The number of benzene rings is 2. The SMILES string of the molecule is CCOc1cccc(CN[C@@H](C)c2ccc(F)cc2)c1O. The molecular weight excluding hydrogens is 269 g/mol. The summed E-state index contributed by atoms with van der Waals surface area (Å²) in [6, 6.07) is 11.9. The van der Waals surface area contributed by atoms with Crippen LogP contribution in [0.5, 0.6) is 11.5 Å². The molecular formula is C17H20FNO2. The van der Waals surface area contributed by atoms with E-state index in [4.69, 9.17) is 4.74 Å². The third kappa shape index (κ3) is 3.95. The largest absolute Gasteiger partial charge is 0.504 e. The van der Waals surface area contributed by atoms with Gasteiger partial charge in [0.15, 0.2) is 11.5 Å². The molecule has 0 radical (unpaired) electrons. The first kappa shape index (κ1) is 15.3. The molecule has 0 unspecified atom stereocenters. The Bertz CT molecular complexity index is 584. The Hall–Kier alpha value is -2.07. The zero-order valence-electron chi connectivity index (χ0n) is 12.3. The molecule has 0 bridgehead atoms. The van der Waals surface area contributed by atoms with Crippen LogP contribution in [0.4, 0.5) is 4.39 Å². The molecule has 1 atom stereocenters. The van der Waals surface area contributed by atoms with Gasteiger partial charge in [0.25, 0.3) is 0 Å². The van der Waals surface area contributed by atoms with Crippen molar-refractivity contribution in [3.8, 4) is 11.5 Å². The topological polar surface area (TPSA) is 41.5 Å². The zero-order valence-corrected chi connectivity index (χ0v) is 12.3. The number of hydrogen-bond acceptors (Lipinski definition) is 3. The highest BCUT2D eigenvalue weighted by atomic mass is 19.1. The Balaban J connectivity index is 2.02. The Morgan fingerprint density at radius 3 is 2.57 bits per heavy atom. The molecule has 0 spiro atoms. The van der Waals surface area contributed by atoms with Crippen molar-refractivity contribution in [2.24, 2.45) is 0 Å². The number of aromatic hydroxyl groups is 1. The third-order valence-corrected chi connectivity index (χ3v) is 3.35. The second-order valence-electron chi connectivity index (χ2n) is 4.85. The van der Waals surface area contributed by atoms with Crippen molar-refractivity contribution < 1.29 is 14.2 Å². The number of para-hydroxylation sites is 1. The molecule has 2 N–H and O–H groups in total. The summed E-state index contributed by atoms with van der Waals surface area (Å²) in [6.07, 6.45) is 0. The maximum absolute atomic E-state index is 12.9. The molecule has 0 heterocycles. The predicted octanol–water partition coefficient (Wildman–Crippen LogP) is 3.78. The van der Waals surface area contributed by atoms with Crippen molar-refractivity contribution in [1.82, 2.24) is 5.32 Å². The lowest BCUT2D eigenvalue weighted by Crippen LogP contribution is -2.18. The summed E-state index contributed by atoms with van der Waals surface area (Å²) < 4.78 is 18.3. The van der Waals surface area contributed by atoms with Gasteiger partial charge < -0.3 is 15.2 Å². The molecule has 2 aromatic carbocycles. The highest BCUT2D eigenvalue weighted by Gasteiger charge is 2.10. The Labute approximate surface area is 124 Å². The van der Waals surface area contributed by atoms with Gasteiger partial charge >= 0.3 is 0 Å².